The van der Waals surface area contributed by atoms with Crippen LogP contribution in [-0.2, 0) is 6.54 Å². The monoisotopic (exact) mass is 437 g/mol. The van der Waals surface area contributed by atoms with Gasteiger partial charge in [0.15, 0.2) is 11.5 Å². The van der Waals surface area contributed by atoms with Gasteiger partial charge in [-0.3, -0.25) is 20.2 Å². The summed E-state index contributed by atoms with van der Waals surface area (Å²) >= 11 is 0. The topological polar surface area (TPSA) is 110 Å². The number of nitro benzene ring substituents is 2. The van der Waals surface area contributed by atoms with Crippen molar-refractivity contribution in [2.24, 2.45) is 0 Å². The van der Waals surface area contributed by atoms with Crippen molar-refractivity contribution in [2.45, 2.75) is 38.3 Å². The summed E-state index contributed by atoms with van der Waals surface area (Å²) in [6, 6.07) is 11.3. The molecule has 1 aliphatic carbocycles. The Bertz CT molecular complexity index is 1150. The molecule has 32 heavy (non-hydrogen) atoms. The Morgan fingerprint density at radius 2 is 1.84 bits per heavy atom. The molecule has 1 heterocycles. The Morgan fingerprint density at radius 1 is 1.06 bits per heavy atom. The standard InChI is InChI=1S/C23H23N3O6/c1-31-23-20(7-4-8-22(23)32-19-5-2-3-6-19)16-11-12-24(14-16)15-17-9-10-18(25(27)28)13-21(17)26(29)30/h4,7-14,19H,2-3,5-6,15H2,1H3. The van der Waals surface area contributed by atoms with E-state index in [0.717, 1.165) is 30.0 Å². The first-order valence-corrected chi connectivity index (χ1v) is 10.4. The van der Waals surface area contributed by atoms with Crippen molar-refractivity contribution in [3.05, 3.63) is 80.7 Å². The van der Waals surface area contributed by atoms with E-state index in [9.17, 15) is 20.2 Å². The number of ether oxygens (including phenoxy) is 2. The number of benzene rings is 2. The molecule has 1 fully saturated rings. The van der Waals surface area contributed by atoms with Gasteiger partial charge in [0.2, 0.25) is 0 Å². The average Bonchev–Trinajstić information content (AvgIpc) is 3.46. The molecule has 9 nitrogen and oxygen atoms in total. The summed E-state index contributed by atoms with van der Waals surface area (Å²) in [6.45, 7) is 0.203. The SMILES string of the molecule is COc1c(OC2CCCC2)cccc1-c1ccn(Cc2ccc([N+](=O)[O-])cc2[N+](=O)[O-])c1. The van der Waals surface area contributed by atoms with Crippen LogP contribution >= 0.6 is 0 Å². The molecule has 2 aromatic carbocycles. The van der Waals surface area contributed by atoms with Crippen LogP contribution in [0.15, 0.2) is 54.9 Å². The van der Waals surface area contributed by atoms with Gasteiger partial charge in [0.25, 0.3) is 11.4 Å². The third kappa shape index (κ3) is 4.41. The number of rotatable bonds is 8. The van der Waals surface area contributed by atoms with E-state index >= 15 is 0 Å². The fourth-order valence-corrected chi connectivity index (χ4v) is 4.10. The van der Waals surface area contributed by atoms with Crippen LogP contribution in [0.3, 0.4) is 0 Å². The van der Waals surface area contributed by atoms with E-state index in [1.54, 1.807) is 11.7 Å². The highest BCUT2D eigenvalue weighted by atomic mass is 16.6. The van der Waals surface area contributed by atoms with Gasteiger partial charge < -0.3 is 14.0 Å². The number of nitrogens with zero attached hydrogens (tertiary/aromatic N) is 3. The minimum Gasteiger partial charge on any atom is -0.492 e. The highest BCUT2D eigenvalue weighted by Gasteiger charge is 2.22. The molecule has 166 valence electrons. The summed E-state index contributed by atoms with van der Waals surface area (Å²) < 4.78 is 13.6. The van der Waals surface area contributed by atoms with Crippen LogP contribution in [0.2, 0.25) is 0 Å². The molecule has 0 amide bonds. The number of nitro groups is 2. The minimum atomic E-state index is -0.641. The fraction of sp³-hybridized carbons (Fsp3) is 0.304. The van der Waals surface area contributed by atoms with E-state index in [2.05, 4.69) is 0 Å². The minimum absolute atomic E-state index is 0.200. The largest absolute Gasteiger partial charge is 0.492 e. The lowest BCUT2D eigenvalue weighted by Crippen LogP contribution is -2.11. The van der Waals surface area contributed by atoms with Crippen LogP contribution in [0.5, 0.6) is 11.5 Å². The second-order valence-corrected chi connectivity index (χ2v) is 7.76. The van der Waals surface area contributed by atoms with Crippen molar-refractivity contribution in [2.75, 3.05) is 7.11 Å². The van der Waals surface area contributed by atoms with Crippen LogP contribution in [0.25, 0.3) is 11.1 Å². The van der Waals surface area contributed by atoms with Gasteiger partial charge in [-0.2, -0.15) is 0 Å². The van der Waals surface area contributed by atoms with Gasteiger partial charge in [0, 0.05) is 35.2 Å². The second-order valence-electron chi connectivity index (χ2n) is 7.76. The Balaban J connectivity index is 1.61. The molecule has 0 spiro atoms. The first-order chi connectivity index (χ1) is 15.5. The number of hydrogen-bond acceptors (Lipinski definition) is 6. The van der Waals surface area contributed by atoms with E-state index in [4.69, 9.17) is 9.47 Å². The van der Waals surface area contributed by atoms with Crippen molar-refractivity contribution >= 4 is 11.4 Å². The van der Waals surface area contributed by atoms with Gasteiger partial charge >= 0.3 is 0 Å². The maximum atomic E-state index is 11.4. The predicted molar refractivity (Wildman–Crippen MR) is 118 cm³/mol. The van der Waals surface area contributed by atoms with Crippen molar-refractivity contribution in [3.63, 3.8) is 0 Å². The second kappa shape index (κ2) is 9.09. The molecule has 1 aliphatic rings. The third-order valence-electron chi connectivity index (χ3n) is 5.67. The molecule has 0 radical (unpaired) electrons. The molecule has 0 atom stereocenters. The summed E-state index contributed by atoms with van der Waals surface area (Å²) in [6.07, 6.45) is 8.29. The molecule has 1 aromatic heterocycles. The number of aromatic nitrogens is 1. The van der Waals surface area contributed by atoms with E-state index in [0.29, 0.717) is 17.1 Å². The van der Waals surface area contributed by atoms with E-state index in [1.165, 1.54) is 25.0 Å². The predicted octanol–water partition coefficient (Wildman–Crippen LogP) is 5.35. The highest BCUT2D eigenvalue weighted by molar-refractivity contribution is 5.73. The Hall–Kier alpha value is -3.88. The third-order valence-corrected chi connectivity index (χ3v) is 5.67. The Morgan fingerprint density at radius 3 is 2.53 bits per heavy atom. The van der Waals surface area contributed by atoms with Crippen LogP contribution in [-0.4, -0.2) is 27.6 Å². The average molecular weight is 437 g/mol. The fourth-order valence-electron chi connectivity index (χ4n) is 4.10. The molecule has 4 rings (SSSR count). The Labute approximate surface area is 184 Å². The smallest absolute Gasteiger partial charge is 0.281 e. The number of hydrogen-bond donors (Lipinski definition) is 0. The van der Waals surface area contributed by atoms with Gasteiger partial charge in [-0.25, -0.2) is 0 Å². The Kier molecular flexibility index (Phi) is 6.07. The van der Waals surface area contributed by atoms with Crippen molar-refractivity contribution in [1.29, 1.82) is 0 Å². The summed E-state index contributed by atoms with van der Waals surface area (Å²) in [5.41, 5.74) is 1.53. The maximum Gasteiger partial charge on any atom is 0.281 e. The lowest BCUT2D eigenvalue weighted by atomic mass is 10.1. The van der Waals surface area contributed by atoms with Gasteiger partial charge in [0.05, 0.1) is 35.7 Å². The van der Waals surface area contributed by atoms with Crippen LogP contribution in [0.4, 0.5) is 11.4 Å². The van der Waals surface area contributed by atoms with E-state index in [-0.39, 0.29) is 24.0 Å². The molecule has 9 heteroatoms. The molecule has 0 aliphatic heterocycles. The summed E-state index contributed by atoms with van der Waals surface area (Å²) in [5, 5.41) is 22.4. The normalized spacial score (nSPS) is 13.8. The van der Waals surface area contributed by atoms with E-state index < -0.39 is 9.85 Å². The molecule has 0 bridgehead atoms. The van der Waals surface area contributed by atoms with Crippen LogP contribution in [0, 0.1) is 20.2 Å². The number of non-ortho nitro benzene ring substituents is 1. The van der Waals surface area contributed by atoms with E-state index in [1.807, 2.05) is 36.7 Å². The molecule has 0 saturated heterocycles. The van der Waals surface area contributed by atoms with Gasteiger partial charge in [-0.05, 0) is 43.9 Å². The highest BCUT2D eigenvalue weighted by Crippen LogP contribution is 2.40. The van der Waals surface area contributed by atoms with Gasteiger partial charge in [0.1, 0.15) is 0 Å². The zero-order chi connectivity index (χ0) is 22.7. The molecule has 3 aromatic rings. The first kappa shape index (κ1) is 21.4. The zero-order valence-corrected chi connectivity index (χ0v) is 17.6. The summed E-state index contributed by atoms with van der Waals surface area (Å²) in [4.78, 5) is 21.1. The van der Waals surface area contributed by atoms with Crippen molar-refractivity contribution in [1.82, 2.24) is 4.57 Å². The molecular formula is C23H23N3O6. The van der Waals surface area contributed by atoms with Crippen molar-refractivity contribution < 1.29 is 19.3 Å². The molecular weight excluding hydrogens is 414 g/mol. The molecule has 1 saturated carbocycles. The summed E-state index contributed by atoms with van der Waals surface area (Å²) in [7, 11) is 1.61. The summed E-state index contributed by atoms with van der Waals surface area (Å²) in [5.74, 6) is 1.36. The number of para-hydroxylation sites is 1. The molecule has 0 unspecified atom stereocenters. The van der Waals surface area contributed by atoms with Crippen LogP contribution in [0.1, 0.15) is 31.2 Å². The molecule has 0 N–H and O–H groups in total. The first-order valence-electron chi connectivity index (χ1n) is 10.4. The number of methoxy groups -OCH3 is 1. The quantitative estimate of drug-likeness (QED) is 0.347. The zero-order valence-electron chi connectivity index (χ0n) is 17.6. The lowest BCUT2D eigenvalue weighted by Gasteiger charge is -2.17. The van der Waals surface area contributed by atoms with Crippen molar-refractivity contribution in [3.8, 4) is 22.6 Å². The van der Waals surface area contributed by atoms with Gasteiger partial charge in [-0.1, -0.05) is 12.1 Å². The maximum absolute atomic E-state index is 11.4. The van der Waals surface area contributed by atoms with Crippen LogP contribution < -0.4 is 9.47 Å². The lowest BCUT2D eigenvalue weighted by molar-refractivity contribution is -0.394. The van der Waals surface area contributed by atoms with Gasteiger partial charge in [-0.15, -0.1) is 0 Å².